The molecule has 0 aliphatic carbocycles. The monoisotopic (exact) mass is 632 g/mol. The van der Waals surface area contributed by atoms with Gasteiger partial charge in [-0.15, -0.1) is 0 Å². The van der Waals surface area contributed by atoms with E-state index in [9.17, 15) is 13.2 Å². The number of likely N-dealkylation sites (tertiary alicyclic amines) is 1. The first-order chi connectivity index (χ1) is 22.4. The fourth-order valence-corrected chi connectivity index (χ4v) is 6.35. The first kappa shape index (κ1) is 32.1. The van der Waals surface area contributed by atoms with Crippen LogP contribution < -0.4 is 4.90 Å². The van der Waals surface area contributed by atoms with Crippen LogP contribution in [-0.4, -0.2) is 65.9 Å². The summed E-state index contributed by atoms with van der Waals surface area (Å²) in [6.07, 6.45) is -2.43. The van der Waals surface area contributed by atoms with Crippen molar-refractivity contribution in [3.8, 4) is 0 Å². The van der Waals surface area contributed by atoms with Crippen molar-refractivity contribution in [1.82, 2.24) is 14.9 Å². The summed E-state index contributed by atoms with van der Waals surface area (Å²) in [5.74, 6) is 0.160. The van der Waals surface area contributed by atoms with Crippen LogP contribution in [0, 0.1) is 5.92 Å². The van der Waals surface area contributed by atoms with Crippen molar-refractivity contribution in [3.05, 3.63) is 126 Å². The molecule has 2 saturated heterocycles. The second-order valence-electron chi connectivity index (χ2n) is 12.0. The number of benzene rings is 3. The van der Waals surface area contributed by atoms with Gasteiger partial charge < -0.3 is 19.1 Å². The molecule has 2 fully saturated rings. The Labute approximate surface area is 267 Å². The minimum atomic E-state index is -4.54. The van der Waals surface area contributed by atoms with Crippen molar-refractivity contribution in [1.29, 1.82) is 0 Å². The van der Waals surface area contributed by atoms with Crippen molar-refractivity contribution in [2.24, 2.45) is 5.92 Å². The number of hydrogen-bond donors (Lipinski definition) is 0. The highest BCUT2D eigenvalue weighted by molar-refractivity contribution is 5.50. The second kappa shape index (κ2) is 15.2. The molecular weight excluding hydrogens is 593 g/mol. The van der Waals surface area contributed by atoms with Gasteiger partial charge in [0.25, 0.3) is 0 Å². The lowest BCUT2D eigenvalue weighted by Crippen LogP contribution is -2.58. The molecule has 0 bridgehead atoms. The Kier molecular flexibility index (Phi) is 10.6. The second-order valence-corrected chi connectivity index (χ2v) is 12.0. The quantitative estimate of drug-likeness (QED) is 0.179. The summed E-state index contributed by atoms with van der Waals surface area (Å²) in [6, 6.07) is 30.2. The molecule has 2 aliphatic heterocycles. The molecule has 3 heterocycles. The largest absolute Gasteiger partial charge is 0.435 e. The van der Waals surface area contributed by atoms with Crippen LogP contribution in [0.15, 0.2) is 104 Å². The molecule has 0 radical (unpaired) electrons. The molecule has 2 aliphatic rings. The van der Waals surface area contributed by atoms with Crippen LogP contribution in [0.4, 0.5) is 18.9 Å². The van der Waals surface area contributed by atoms with Crippen LogP contribution >= 0.6 is 0 Å². The third-order valence-corrected chi connectivity index (χ3v) is 8.61. The fraction of sp³-hybridized carbons (Fsp3) is 0.389. The third-order valence-electron chi connectivity index (χ3n) is 8.61. The Morgan fingerprint density at radius 2 is 1.22 bits per heavy atom. The van der Waals surface area contributed by atoms with Crippen LogP contribution in [0.3, 0.4) is 0 Å². The van der Waals surface area contributed by atoms with Gasteiger partial charge in [-0.2, -0.15) is 13.2 Å². The maximum atomic E-state index is 13.7. The fourth-order valence-electron chi connectivity index (χ4n) is 6.35. The summed E-state index contributed by atoms with van der Waals surface area (Å²) in [5.41, 5.74) is 2.37. The van der Waals surface area contributed by atoms with Crippen LogP contribution in [0.2, 0.25) is 0 Å². The molecule has 3 atom stereocenters. The molecule has 6 rings (SSSR count). The number of anilines is 1. The number of rotatable bonds is 12. The molecule has 0 unspecified atom stereocenters. The highest BCUT2D eigenvalue weighted by Gasteiger charge is 2.42. The van der Waals surface area contributed by atoms with E-state index in [0.29, 0.717) is 52.5 Å². The topological polar surface area (TPSA) is 60.0 Å². The molecule has 46 heavy (non-hydrogen) atoms. The SMILES string of the molecule is FC(F)(F)c1ncncc1N1CC[C@@H](CN2C[C@H](OCc3ccccc3)C(OCc3ccccc3)[C@@H](OCc3ccccc3)C2)C1. The van der Waals surface area contributed by atoms with Gasteiger partial charge in [-0.1, -0.05) is 91.0 Å². The van der Waals surface area contributed by atoms with E-state index in [1.165, 1.54) is 6.20 Å². The predicted octanol–water partition coefficient (Wildman–Crippen LogP) is 6.39. The smallest absolute Gasteiger partial charge is 0.369 e. The van der Waals surface area contributed by atoms with Gasteiger partial charge in [0.2, 0.25) is 0 Å². The van der Waals surface area contributed by atoms with Crippen LogP contribution in [-0.2, 0) is 40.2 Å². The van der Waals surface area contributed by atoms with Gasteiger partial charge in [0.05, 0.1) is 43.9 Å². The zero-order chi connectivity index (χ0) is 31.8. The number of alkyl halides is 3. The van der Waals surface area contributed by atoms with Crippen molar-refractivity contribution in [3.63, 3.8) is 0 Å². The Hall–Kier alpha value is -3.83. The standard InChI is InChI=1S/C36H39F3N4O3/c37-36(38,39)35-31(18-40-26-41-35)43-17-16-30(20-43)19-42-21-32(44-23-27-10-4-1-5-11-27)34(46-25-29-14-8-3-9-15-29)33(22-42)45-24-28-12-6-2-7-13-28/h1-15,18,26,30,32-34H,16-17,19-25H2/t30-,32-,33-/m0/s1. The van der Waals surface area contributed by atoms with Crippen LogP contribution in [0.5, 0.6) is 0 Å². The van der Waals surface area contributed by atoms with Crippen molar-refractivity contribution in [2.45, 2.75) is 50.7 Å². The molecule has 0 saturated carbocycles. The molecule has 4 aromatic rings. The summed E-state index contributed by atoms with van der Waals surface area (Å²) >= 11 is 0. The molecule has 0 N–H and O–H groups in total. The normalized spacial score (nSPS) is 21.1. The van der Waals surface area contributed by atoms with Crippen molar-refractivity contribution in [2.75, 3.05) is 37.6 Å². The summed E-state index contributed by atoms with van der Waals surface area (Å²) in [5, 5.41) is 0. The number of piperidine rings is 1. The van der Waals surface area contributed by atoms with Gasteiger partial charge in [0, 0.05) is 32.7 Å². The lowest BCUT2D eigenvalue weighted by Gasteiger charge is -2.44. The number of nitrogens with zero attached hydrogens (tertiary/aromatic N) is 4. The molecule has 0 amide bonds. The summed E-state index contributed by atoms with van der Waals surface area (Å²) in [6.45, 7) is 4.24. The van der Waals surface area contributed by atoms with Gasteiger partial charge in [-0.05, 0) is 29.0 Å². The van der Waals surface area contributed by atoms with Gasteiger partial charge in [-0.3, -0.25) is 4.90 Å². The van der Waals surface area contributed by atoms with E-state index >= 15 is 0 Å². The minimum Gasteiger partial charge on any atom is -0.369 e. The molecular formula is C36H39F3N4O3. The maximum Gasteiger partial charge on any atom is 0.435 e. The van der Waals surface area contributed by atoms with Crippen molar-refractivity contribution >= 4 is 5.69 Å². The number of ether oxygens (including phenoxy) is 3. The van der Waals surface area contributed by atoms with Gasteiger partial charge in [0.1, 0.15) is 12.4 Å². The maximum absolute atomic E-state index is 13.7. The Morgan fingerprint density at radius 3 is 1.74 bits per heavy atom. The number of hydrogen-bond acceptors (Lipinski definition) is 7. The molecule has 242 valence electrons. The highest BCUT2D eigenvalue weighted by Crippen LogP contribution is 2.36. The van der Waals surface area contributed by atoms with Crippen LogP contribution in [0.1, 0.15) is 28.8 Å². The summed E-state index contributed by atoms with van der Waals surface area (Å²) in [4.78, 5) is 11.5. The first-order valence-electron chi connectivity index (χ1n) is 15.7. The van der Waals surface area contributed by atoms with E-state index in [0.717, 1.165) is 29.4 Å². The number of halogens is 3. The van der Waals surface area contributed by atoms with Crippen molar-refractivity contribution < 1.29 is 27.4 Å². The van der Waals surface area contributed by atoms with E-state index < -0.39 is 11.9 Å². The van der Waals surface area contributed by atoms with Crippen LogP contribution in [0.25, 0.3) is 0 Å². The predicted molar refractivity (Wildman–Crippen MR) is 169 cm³/mol. The van der Waals surface area contributed by atoms with E-state index in [1.54, 1.807) is 4.90 Å². The lowest BCUT2D eigenvalue weighted by atomic mass is 9.98. The van der Waals surface area contributed by atoms with Gasteiger partial charge in [-0.25, -0.2) is 9.97 Å². The Bertz CT molecular complexity index is 1440. The Balaban J connectivity index is 1.19. The van der Waals surface area contributed by atoms with E-state index in [1.807, 2.05) is 91.0 Å². The lowest BCUT2D eigenvalue weighted by molar-refractivity contribution is -0.185. The third kappa shape index (κ3) is 8.50. The van der Waals surface area contributed by atoms with E-state index in [2.05, 4.69) is 14.9 Å². The van der Waals surface area contributed by atoms with E-state index in [-0.39, 0.29) is 29.9 Å². The van der Waals surface area contributed by atoms with E-state index in [4.69, 9.17) is 14.2 Å². The minimum absolute atomic E-state index is 0.0404. The zero-order valence-electron chi connectivity index (χ0n) is 25.6. The summed E-state index contributed by atoms with van der Waals surface area (Å²) < 4.78 is 60.9. The van der Waals surface area contributed by atoms with Gasteiger partial charge in [0.15, 0.2) is 5.69 Å². The first-order valence-corrected chi connectivity index (χ1v) is 15.7. The zero-order valence-corrected chi connectivity index (χ0v) is 25.6. The molecule has 10 heteroatoms. The molecule has 7 nitrogen and oxygen atoms in total. The average molecular weight is 633 g/mol. The average Bonchev–Trinajstić information content (AvgIpc) is 3.55. The molecule has 0 spiro atoms. The highest BCUT2D eigenvalue weighted by atomic mass is 19.4. The molecule has 1 aromatic heterocycles. The Morgan fingerprint density at radius 1 is 0.696 bits per heavy atom. The van der Waals surface area contributed by atoms with Gasteiger partial charge >= 0.3 is 6.18 Å². The summed E-state index contributed by atoms with van der Waals surface area (Å²) in [7, 11) is 0. The molecule has 3 aromatic carbocycles. The number of aromatic nitrogens is 2.